The lowest BCUT2D eigenvalue weighted by molar-refractivity contribution is -0.158. The maximum absolute atomic E-state index is 14.8. The molecule has 2 aliphatic heterocycles. The van der Waals surface area contributed by atoms with Crippen molar-refractivity contribution in [3.63, 3.8) is 0 Å². The van der Waals surface area contributed by atoms with Gasteiger partial charge in [0, 0.05) is 17.0 Å². The molecule has 0 unspecified atom stereocenters. The SMILES string of the molecule is CC(C)(C)C(=O)OCN1C(=O)N[C@@H](c2cc3cc([C@@]4(C)NC(=O)NC4=O)c(F)cc3o2)C1=O. The van der Waals surface area contributed by atoms with E-state index in [0.717, 1.165) is 11.0 Å². The van der Waals surface area contributed by atoms with Gasteiger partial charge in [-0.1, -0.05) is 0 Å². The molecule has 4 rings (SSSR count). The largest absolute Gasteiger partial charge is 0.458 e. The highest BCUT2D eigenvalue weighted by Gasteiger charge is 2.46. The van der Waals surface area contributed by atoms with E-state index >= 15 is 0 Å². The molecule has 12 heteroatoms. The molecule has 1 aromatic heterocycles. The fourth-order valence-corrected chi connectivity index (χ4v) is 3.51. The van der Waals surface area contributed by atoms with Gasteiger partial charge in [0.1, 0.15) is 22.7 Å². The molecule has 0 radical (unpaired) electrons. The second-order valence-electron chi connectivity index (χ2n) is 9.01. The molecule has 3 heterocycles. The normalized spacial score (nSPS) is 23.1. The number of furan rings is 1. The summed E-state index contributed by atoms with van der Waals surface area (Å²) in [5, 5.41) is 7.23. The zero-order valence-electron chi connectivity index (χ0n) is 18.2. The molecule has 11 nitrogen and oxygen atoms in total. The Balaban J connectivity index is 1.60. The van der Waals surface area contributed by atoms with Crippen LogP contribution in [0.25, 0.3) is 11.0 Å². The predicted octanol–water partition coefficient (Wildman–Crippen LogP) is 1.77. The Hall–Kier alpha value is -3.96. The van der Waals surface area contributed by atoms with E-state index in [1.807, 2.05) is 0 Å². The van der Waals surface area contributed by atoms with E-state index in [1.54, 1.807) is 20.8 Å². The molecule has 2 aromatic rings. The van der Waals surface area contributed by atoms with Crippen LogP contribution >= 0.6 is 0 Å². The van der Waals surface area contributed by atoms with Gasteiger partial charge < -0.3 is 19.8 Å². The molecule has 2 aliphatic rings. The number of halogens is 1. The highest BCUT2D eigenvalue weighted by atomic mass is 19.1. The molecule has 2 fully saturated rings. The van der Waals surface area contributed by atoms with Gasteiger partial charge in [-0.05, 0) is 39.8 Å². The Morgan fingerprint density at radius 1 is 1.21 bits per heavy atom. The third-order valence-corrected chi connectivity index (χ3v) is 5.46. The molecule has 3 N–H and O–H groups in total. The lowest BCUT2D eigenvalue weighted by Crippen LogP contribution is -2.41. The molecule has 0 saturated carbocycles. The van der Waals surface area contributed by atoms with Gasteiger partial charge in [-0.3, -0.25) is 19.7 Å². The number of carbonyl (C=O) groups is 5. The van der Waals surface area contributed by atoms with E-state index < -0.39 is 59.4 Å². The Kier molecular flexibility index (Phi) is 4.91. The quantitative estimate of drug-likeness (QED) is 0.465. The van der Waals surface area contributed by atoms with Crippen molar-refractivity contribution in [1.29, 1.82) is 0 Å². The summed E-state index contributed by atoms with van der Waals surface area (Å²) in [6.45, 7) is 5.69. The number of amides is 6. The average molecular weight is 460 g/mol. The predicted molar refractivity (Wildman–Crippen MR) is 109 cm³/mol. The number of nitrogens with zero attached hydrogens (tertiary/aromatic N) is 1. The van der Waals surface area contributed by atoms with E-state index in [2.05, 4.69) is 16.0 Å². The van der Waals surface area contributed by atoms with Gasteiger partial charge >= 0.3 is 18.0 Å². The van der Waals surface area contributed by atoms with Gasteiger partial charge in [0.2, 0.25) is 0 Å². The number of hydrogen-bond donors (Lipinski definition) is 3. The molecule has 2 atom stereocenters. The van der Waals surface area contributed by atoms with Gasteiger partial charge in [-0.25, -0.2) is 18.9 Å². The van der Waals surface area contributed by atoms with E-state index in [1.165, 1.54) is 19.1 Å². The summed E-state index contributed by atoms with van der Waals surface area (Å²) in [6, 6.07) is 1.03. The molecule has 0 aliphatic carbocycles. The Bertz CT molecular complexity index is 1230. The van der Waals surface area contributed by atoms with Crippen molar-refractivity contribution in [2.24, 2.45) is 5.41 Å². The van der Waals surface area contributed by atoms with E-state index in [-0.39, 0.29) is 16.9 Å². The van der Waals surface area contributed by atoms with Gasteiger partial charge in [-0.15, -0.1) is 0 Å². The monoisotopic (exact) mass is 460 g/mol. The highest BCUT2D eigenvalue weighted by molar-refractivity contribution is 6.07. The van der Waals surface area contributed by atoms with Crippen LogP contribution in [0.4, 0.5) is 14.0 Å². The van der Waals surface area contributed by atoms with Crippen molar-refractivity contribution in [3.8, 4) is 0 Å². The van der Waals surface area contributed by atoms with Crippen molar-refractivity contribution in [2.45, 2.75) is 39.3 Å². The zero-order valence-corrected chi connectivity index (χ0v) is 18.2. The third kappa shape index (κ3) is 3.66. The first-order valence-electron chi connectivity index (χ1n) is 9.97. The van der Waals surface area contributed by atoms with Crippen LogP contribution in [0.3, 0.4) is 0 Å². The van der Waals surface area contributed by atoms with Crippen molar-refractivity contribution in [2.75, 3.05) is 6.73 Å². The topological polar surface area (TPSA) is 147 Å². The third-order valence-electron chi connectivity index (χ3n) is 5.46. The van der Waals surface area contributed by atoms with Crippen LogP contribution in [0.5, 0.6) is 0 Å². The van der Waals surface area contributed by atoms with Crippen molar-refractivity contribution in [3.05, 3.63) is 35.3 Å². The standard InChI is InChI=1S/C21H21FN4O7/c1-20(2,3)17(29)32-8-26-15(27)14(23-19(26)31)13-6-9-5-10(11(22)7-12(9)33-13)21(4)16(28)24-18(30)25-21/h5-7,14H,8H2,1-4H3,(H,23,31)(H2,24,25,28,30)/t14-,21+/m0/s1. The summed E-state index contributed by atoms with van der Waals surface area (Å²) in [4.78, 5) is 61.4. The molecule has 1 aromatic carbocycles. The smallest absolute Gasteiger partial charge is 0.327 e. The number of urea groups is 2. The van der Waals surface area contributed by atoms with E-state index in [4.69, 9.17) is 9.15 Å². The maximum atomic E-state index is 14.8. The van der Waals surface area contributed by atoms with Gasteiger partial charge in [0.25, 0.3) is 11.8 Å². The summed E-state index contributed by atoms with van der Waals surface area (Å²) in [5.41, 5.74) is -2.47. The number of ether oxygens (including phenoxy) is 1. The van der Waals surface area contributed by atoms with Crippen LogP contribution in [0.1, 0.15) is 45.1 Å². The number of nitrogens with one attached hydrogen (secondary N) is 3. The van der Waals surface area contributed by atoms with Crippen LogP contribution in [0.15, 0.2) is 22.6 Å². The summed E-state index contributed by atoms with van der Waals surface area (Å²) < 4.78 is 25.4. The number of rotatable bonds is 4. The Morgan fingerprint density at radius 2 is 1.91 bits per heavy atom. The molecule has 6 amide bonds. The molecular weight excluding hydrogens is 439 g/mol. The number of imide groups is 2. The molecule has 33 heavy (non-hydrogen) atoms. The Morgan fingerprint density at radius 3 is 2.52 bits per heavy atom. The Labute approximate surface area is 186 Å². The van der Waals surface area contributed by atoms with Crippen LogP contribution < -0.4 is 16.0 Å². The minimum atomic E-state index is -1.63. The first-order chi connectivity index (χ1) is 15.3. The van der Waals surface area contributed by atoms with Crippen molar-refractivity contribution >= 4 is 40.8 Å². The van der Waals surface area contributed by atoms with Gasteiger partial charge in [0.15, 0.2) is 12.8 Å². The van der Waals surface area contributed by atoms with E-state index in [9.17, 15) is 28.4 Å². The molecule has 0 bridgehead atoms. The fourth-order valence-electron chi connectivity index (χ4n) is 3.51. The first kappa shape index (κ1) is 22.2. The van der Waals surface area contributed by atoms with Crippen LogP contribution in [0.2, 0.25) is 0 Å². The maximum Gasteiger partial charge on any atom is 0.327 e. The number of hydrogen-bond acceptors (Lipinski definition) is 7. The lowest BCUT2D eigenvalue weighted by atomic mass is 9.91. The van der Waals surface area contributed by atoms with Gasteiger partial charge in [0.05, 0.1) is 5.41 Å². The number of esters is 1. The van der Waals surface area contributed by atoms with Crippen LogP contribution in [-0.2, 0) is 24.7 Å². The molecule has 174 valence electrons. The summed E-state index contributed by atoms with van der Waals surface area (Å²) in [7, 11) is 0. The first-order valence-corrected chi connectivity index (χ1v) is 9.97. The van der Waals surface area contributed by atoms with Crippen molar-refractivity contribution < 1.29 is 37.5 Å². The minimum absolute atomic E-state index is 0.0228. The average Bonchev–Trinajstić information content (AvgIpc) is 3.32. The number of fused-ring (bicyclic) bond motifs is 1. The van der Waals surface area contributed by atoms with Gasteiger partial charge in [-0.2, -0.15) is 0 Å². The molecule has 2 saturated heterocycles. The number of benzene rings is 1. The van der Waals surface area contributed by atoms with Crippen LogP contribution in [0, 0.1) is 11.2 Å². The van der Waals surface area contributed by atoms with Crippen molar-refractivity contribution in [1.82, 2.24) is 20.9 Å². The fraction of sp³-hybridized carbons (Fsp3) is 0.381. The molecular formula is C21H21FN4O7. The van der Waals surface area contributed by atoms with E-state index in [0.29, 0.717) is 5.39 Å². The van der Waals surface area contributed by atoms with Crippen LogP contribution in [-0.4, -0.2) is 41.5 Å². The second-order valence-corrected chi connectivity index (χ2v) is 9.01. The molecule has 0 spiro atoms. The summed E-state index contributed by atoms with van der Waals surface area (Å²) >= 11 is 0. The lowest BCUT2D eigenvalue weighted by Gasteiger charge is -2.21. The highest BCUT2D eigenvalue weighted by Crippen LogP contribution is 2.34. The summed E-state index contributed by atoms with van der Waals surface area (Å²) in [5.74, 6) is -2.80. The number of carbonyl (C=O) groups excluding carboxylic acids is 5. The zero-order chi connectivity index (χ0) is 24.3. The second kappa shape index (κ2) is 7.29. The minimum Gasteiger partial charge on any atom is -0.458 e. The summed E-state index contributed by atoms with van der Waals surface area (Å²) in [6.07, 6.45) is 0.